The Morgan fingerprint density at radius 1 is 1.14 bits per heavy atom. The van der Waals surface area contributed by atoms with E-state index in [0.29, 0.717) is 6.04 Å². The molecule has 1 fully saturated rings. The van der Waals surface area contributed by atoms with Crippen LogP contribution < -0.4 is 5.32 Å². The Hall–Kier alpha value is -1.38. The Morgan fingerprint density at radius 2 is 1.95 bits per heavy atom. The molecule has 0 saturated heterocycles. The molecule has 3 heteroatoms. The van der Waals surface area contributed by atoms with Gasteiger partial charge in [-0.05, 0) is 49.3 Å². The normalized spacial score (nSPS) is 22.6. The molecule has 2 aliphatic carbocycles. The Kier molecular flexibility index (Phi) is 3.24. The zero-order valence-corrected chi connectivity index (χ0v) is 12.7. The number of aromatic nitrogens is 1. The molecule has 0 aliphatic heterocycles. The second kappa shape index (κ2) is 5.11. The third-order valence-electron chi connectivity index (χ3n) is 5.03. The molecule has 4 rings (SSSR count). The van der Waals surface area contributed by atoms with Crippen LogP contribution in [0.3, 0.4) is 0 Å². The SMILES string of the molecule is Clc1ccnc2c1CCC2NC1(c2ccccc2)CCC1. The maximum absolute atomic E-state index is 6.30. The van der Waals surface area contributed by atoms with Crippen LogP contribution in [0.2, 0.25) is 5.02 Å². The summed E-state index contributed by atoms with van der Waals surface area (Å²) in [5.74, 6) is 0. The van der Waals surface area contributed by atoms with Gasteiger partial charge in [-0.2, -0.15) is 0 Å². The highest BCUT2D eigenvalue weighted by Crippen LogP contribution is 2.45. The Balaban J connectivity index is 1.64. The molecular formula is C18H19ClN2. The van der Waals surface area contributed by atoms with E-state index in [9.17, 15) is 0 Å². The standard InChI is InChI=1S/C18H19ClN2/c19-15-9-12-20-17-14(15)7-8-16(17)21-18(10-4-11-18)13-5-2-1-3-6-13/h1-3,5-6,9,12,16,21H,4,7-8,10-11H2. The Morgan fingerprint density at radius 3 is 2.67 bits per heavy atom. The molecule has 1 heterocycles. The Bertz CT molecular complexity index is 650. The number of fused-ring (bicyclic) bond motifs is 1. The number of hydrogen-bond donors (Lipinski definition) is 1. The highest BCUT2D eigenvalue weighted by atomic mass is 35.5. The van der Waals surface area contributed by atoms with Crippen molar-refractivity contribution in [2.24, 2.45) is 0 Å². The van der Waals surface area contributed by atoms with Crippen molar-refractivity contribution in [2.75, 3.05) is 0 Å². The van der Waals surface area contributed by atoms with Crippen molar-refractivity contribution in [1.29, 1.82) is 0 Å². The van der Waals surface area contributed by atoms with Gasteiger partial charge in [0.1, 0.15) is 0 Å². The summed E-state index contributed by atoms with van der Waals surface area (Å²) < 4.78 is 0. The number of halogens is 1. The van der Waals surface area contributed by atoms with Crippen LogP contribution in [-0.4, -0.2) is 4.98 Å². The molecule has 0 bridgehead atoms. The van der Waals surface area contributed by atoms with E-state index in [1.54, 1.807) is 0 Å². The molecule has 0 radical (unpaired) electrons. The van der Waals surface area contributed by atoms with Gasteiger partial charge in [-0.25, -0.2) is 0 Å². The molecule has 2 nitrogen and oxygen atoms in total. The summed E-state index contributed by atoms with van der Waals surface area (Å²) in [7, 11) is 0. The highest BCUT2D eigenvalue weighted by molar-refractivity contribution is 6.31. The zero-order valence-electron chi connectivity index (χ0n) is 12.0. The van der Waals surface area contributed by atoms with Gasteiger partial charge >= 0.3 is 0 Å². The van der Waals surface area contributed by atoms with E-state index in [1.807, 2.05) is 12.3 Å². The van der Waals surface area contributed by atoms with E-state index in [2.05, 4.69) is 40.6 Å². The lowest BCUT2D eigenvalue weighted by Crippen LogP contribution is -2.49. The number of nitrogens with zero attached hydrogens (tertiary/aromatic N) is 1. The van der Waals surface area contributed by atoms with Crippen LogP contribution in [0.15, 0.2) is 42.6 Å². The average molecular weight is 299 g/mol. The molecule has 0 amide bonds. The predicted molar refractivity (Wildman–Crippen MR) is 85.4 cm³/mol. The van der Waals surface area contributed by atoms with Gasteiger partial charge in [0.25, 0.3) is 0 Å². The van der Waals surface area contributed by atoms with Crippen LogP contribution in [0, 0.1) is 0 Å². The van der Waals surface area contributed by atoms with E-state index in [1.165, 1.54) is 30.4 Å². The molecule has 1 atom stereocenters. The number of pyridine rings is 1. The van der Waals surface area contributed by atoms with Crippen molar-refractivity contribution in [3.63, 3.8) is 0 Å². The zero-order chi connectivity index (χ0) is 14.3. The lowest BCUT2D eigenvalue weighted by atomic mass is 9.71. The van der Waals surface area contributed by atoms with E-state index in [4.69, 9.17) is 11.6 Å². The number of nitrogens with one attached hydrogen (secondary N) is 1. The molecule has 1 N–H and O–H groups in total. The van der Waals surface area contributed by atoms with Crippen LogP contribution in [0.4, 0.5) is 0 Å². The van der Waals surface area contributed by atoms with Gasteiger partial charge in [0, 0.05) is 16.8 Å². The first-order valence-electron chi connectivity index (χ1n) is 7.75. The van der Waals surface area contributed by atoms with Gasteiger partial charge in [-0.1, -0.05) is 41.9 Å². The molecule has 0 spiro atoms. The summed E-state index contributed by atoms with van der Waals surface area (Å²) in [6, 6.07) is 13.1. The molecular weight excluding hydrogens is 280 g/mol. The number of benzene rings is 1. The van der Waals surface area contributed by atoms with Crippen molar-refractivity contribution < 1.29 is 0 Å². The molecule has 1 aromatic heterocycles. The highest BCUT2D eigenvalue weighted by Gasteiger charge is 2.41. The molecule has 1 unspecified atom stereocenters. The summed E-state index contributed by atoms with van der Waals surface area (Å²) in [5, 5.41) is 4.77. The fourth-order valence-corrected chi connectivity index (χ4v) is 3.98. The fourth-order valence-electron chi connectivity index (χ4n) is 3.73. The number of rotatable bonds is 3. The summed E-state index contributed by atoms with van der Waals surface area (Å²) in [6.07, 6.45) is 7.68. The molecule has 21 heavy (non-hydrogen) atoms. The quantitative estimate of drug-likeness (QED) is 0.909. The van der Waals surface area contributed by atoms with Gasteiger partial charge in [-0.15, -0.1) is 0 Å². The lowest BCUT2D eigenvalue weighted by molar-refractivity contribution is 0.161. The van der Waals surface area contributed by atoms with E-state index in [-0.39, 0.29) is 5.54 Å². The fraction of sp³-hybridized carbons (Fsp3) is 0.389. The van der Waals surface area contributed by atoms with Gasteiger partial charge in [0.05, 0.1) is 11.7 Å². The first kappa shape index (κ1) is 13.3. The third-order valence-corrected chi connectivity index (χ3v) is 5.38. The number of hydrogen-bond acceptors (Lipinski definition) is 2. The minimum Gasteiger partial charge on any atom is -0.299 e. The largest absolute Gasteiger partial charge is 0.299 e. The van der Waals surface area contributed by atoms with Crippen LogP contribution in [0.25, 0.3) is 0 Å². The lowest BCUT2D eigenvalue weighted by Gasteiger charge is -2.45. The monoisotopic (exact) mass is 298 g/mol. The average Bonchev–Trinajstić information content (AvgIpc) is 2.88. The second-order valence-corrected chi connectivity index (χ2v) is 6.60. The minimum absolute atomic E-state index is 0.136. The first-order valence-corrected chi connectivity index (χ1v) is 8.13. The maximum atomic E-state index is 6.30. The van der Waals surface area contributed by atoms with Crippen LogP contribution >= 0.6 is 11.6 Å². The van der Waals surface area contributed by atoms with Gasteiger partial charge < -0.3 is 0 Å². The van der Waals surface area contributed by atoms with E-state index in [0.717, 1.165) is 23.6 Å². The summed E-state index contributed by atoms with van der Waals surface area (Å²) in [5.41, 5.74) is 3.94. The smallest absolute Gasteiger partial charge is 0.0620 e. The second-order valence-electron chi connectivity index (χ2n) is 6.19. The van der Waals surface area contributed by atoms with Crippen molar-refractivity contribution in [3.8, 4) is 0 Å². The first-order chi connectivity index (χ1) is 10.3. The van der Waals surface area contributed by atoms with Crippen LogP contribution in [-0.2, 0) is 12.0 Å². The van der Waals surface area contributed by atoms with Crippen LogP contribution in [0.1, 0.15) is 48.5 Å². The van der Waals surface area contributed by atoms with E-state index >= 15 is 0 Å². The summed E-state index contributed by atoms with van der Waals surface area (Å²) in [4.78, 5) is 4.59. The maximum Gasteiger partial charge on any atom is 0.0620 e. The van der Waals surface area contributed by atoms with Gasteiger partial charge in [0.15, 0.2) is 0 Å². The van der Waals surface area contributed by atoms with Crippen LogP contribution in [0.5, 0.6) is 0 Å². The van der Waals surface area contributed by atoms with Crippen molar-refractivity contribution in [3.05, 3.63) is 64.4 Å². The van der Waals surface area contributed by atoms with Crippen molar-refractivity contribution in [2.45, 2.75) is 43.7 Å². The summed E-state index contributed by atoms with van der Waals surface area (Å²) >= 11 is 6.30. The predicted octanol–water partition coefficient (Wildman–Crippen LogP) is 4.39. The molecule has 1 aromatic carbocycles. The van der Waals surface area contributed by atoms with Crippen molar-refractivity contribution >= 4 is 11.6 Å². The summed E-state index contributed by atoms with van der Waals surface area (Å²) in [6.45, 7) is 0. The van der Waals surface area contributed by atoms with E-state index < -0.39 is 0 Å². The third kappa shape index (κ3) is 2.18. The molecule has 2 aliphatic rings. The van der Waals surface area contributed by atoms with Gasteiger partial charge in [-0.3, -0.25) is 10.3 Å². The molecule has 2 aromatic rings. The van der Waals surface area contributed by atoms with Crippen molar-refractivity contribution in [1.82, 2.24) is 10.3 Å². The molecule has 1 saturated carbocycles. The Labute approximate surface area is 130 Å². The molecule has 108 valence electrons. The van der Waals surface area contributed by atoms with Gasteiger partial charge in [0.2, 0.25) is 0 Å². The topological polar surface area (TPSA) is 24.9 Å². The minimum atomic E-state index is 0.136.